The van der Waals surface area contributed by atoms with Crippen molar-refractivity contribution in [1.82, 2.24) is 5.32 Å². The van der Waals surface area contributed by atoms with Gasteiger partial charge in [0.15, 0.2) is 9.84 Å². The summed E-state index contributed by atoms with van der Waals surface area (Å²) in [4.78, 5) is 10.2. The summed E-state index contributed by atoms with van der Waals surface area (Å²) in [5.41, 5.74) is -0.103. The molecule has 0 aliphatic carbocycles. The van der Waals surface area contributed by atoms with Gasteiger partial charge in [0, 0.05) is 18.7 Å². The maximum absolute atomic E-state index is 12.4. The van der Waals surface area contributed by atoms with E-state index in [9.17, 15) is 18.5 Å². The molecule has 104 valence electrons. The third-order valence-electron chi connectivity index (χ3n) is 3.34. The van der Waals surface area contributed by atoms with Crippen LogP contribution in [0.1, 0.15) is 13.3 Å². The van der Waals surface area contributed by atoms with Gasteiger partial charge in [-0.25, -0.2) is 8.42 Å². The van der Waals surface area contributed by atoms with Gasteiger partial charge in [-0.15, -0.1) is 0 Å². The fourth-order valence-electron chi connectivity index (χ4n) is 2.29. The molecule has 2 unspecified atom stereocenters. The number of non-ortho nitro benzene ring substituents is 1. The molecule has 0 spiro atoms. The molecule has 0 amide bonds. The predicted octanol–water partition coefficient (Wildman–Crippen LogP) is 1.37. The zero-order valence-electron chi connectivity index (χ0n) is 10.6. The molecule has 1 aliphatic heterocycles. The molecule has 6 nitrogen and oxygen atoms in total. The van der Waals surface area contributed by atoms with Gasteiger partial charge < -0.3 is 5.32 Å². The minimum Gasteiger partial charge on any atom is -0.315 e. The van der Waals surface area contributed by atoms with Crippen molar-refractivity contribution in [2.45, 2.75) is 23.5 Å². The highest BCUT2D eigenvalue weighted by Crippen LogP contribution is 2.24. The number of rotatable bonds is 3. The highest BCUT2D eigenvalue weighted by Gasteiger charge is 2.31. The zero-order valence-corrected chi connectivity index (χ0v) is 11.4. The Balaban J connectivity index is 2.26. The molecule has 0 saturated carbocycles. The highest BCUT2D eigenvalue weighted by molar-refractivity contribution is 7.92. The van der Waals surface area contributed by atoms with E-state index in [-0.39, 0.29) is 10.6 Å². The molecule has 1 aliphatic rings. The normalized spacial score (nSPS) is 24.1. The molecule has 1 N–H and O–H groups in total. The smallest absolute Gasteiger partial charge is 0.269 e. The molecule has 0 radical (unpaired) electrons. The van der Waals surface area contributed by atoms with Gasteiger partial charge in [-0.1, -0.05) is 6.92 Å². The Morgan fingerprint density at radius 1 is 1.26 bits per heavy atom. The van der Waals surface area contributed by atoms with E-state index in [1.165, 1.54) is 24.3 Å². The Morgan fingerprint density at radius 3 is 2.42 bits per heavy atom. The van der Waals surface area contributed by atoms with E-state index >= 15 is 0 Å². The lowest BCUT2D eigenvalue weighted by Crippen LogP contribution is -2.42. The van der Waals surface area contributed by atoms with Crippen LogP contribution in [0.2, 0.25) is 0 Å². The van der Waals surface area contributed by atoms with Crippen LogP contribution in [0, 0.1) is 16.0 Å². The quantitative estimate of drug-likeness (QED) is 0.668. The van der Waals surface area contributed by atoms with Crippen molar-refractivity contribution in [1.29, 1.82) is 0 Å². The SMILES string of the molecule is CC1CNCC(S(=O)(=O)c2ccc([N+](=O)[O-])cc2)C1. The topological polar surface area (TPSA) is 89.3 Å². The standard InChI is InChI=1S/C12H16N2O4S/c1-9-6-12(8-13-7-9)19(17,18)11-4-2-10(3-5-11)14(15)16/h2-5,9,12-13H,6-8H2,1H3. The average Bonchev–Trinajstić information content (AvgIpc) is 2.39. The second-order valence-electron chi connectivity index (χ2n) is 4.92. The first-order chi connectivity index (χ1) is 8.91. The summed E-state index contributed by atoms with van der Waals surface area (Å²) in [6.45, 7) is 3.26. The Kier molecular flexibility index (Phi) is 3.86. The number of hydrogen-bond acceptors (Lipinski definition) is 5. The number of nitrogens with zero attached hydrogens (tertiary/aromatic N) is 1. The first kappa shape index (κ1) is 14.0. The monoisotopic (exact) mass is 284 g/mol. The summed E-state index contributed by atoms with van der Waals surface area (Å²) in [5, 5.41) is 13.2. The molecule has 1 saturated heterocycles. The number of hydrogen-bond donors (Lipinski definition) is 1. The average molecular weight is 284 g/mol. The van der Waals surface area contributed by atoms with Crippen LogP contribution >= 0.6 is 0 Å². The molecule has 7 heteroatoms. The summed E-state index contributed by atoms with van der Waals surface area (Å²) in [7, 11) is -3.42. The van der Waals surface area contributed by atoms with Gasteiger partial charge in [0.1, 0.15) is 0 Å². The lowest BCUT2D eigenvalue weighted by atomic mass is 10.0. The van der Waals surface area contributed by atoms with Gasteiger partial charge >= 0.3 is 0 Å². The number of sulfone groups is 1. The van der Waals surface area contributed by atoms with Crippen molar-refractivity contribution in [2.75, 3.05) is 13.1 Å². The van der Waals surface area contributed by atoms with Gasteiger partial charge in [0.05, 0.1) is 15.1 Å². The fourth-order valence-corrected chi connectivity index (χ4v) is 4.11. The van der Waals surface area contributed by atoms with E-state index in [4.69, 9.17) is 0 Å². The second kappa shape index (κ2) is 5.26. The maximum Gasteiger partial charge on any atom is 0.269 e. The molecule has 1 aromatic carbocycles. The summed E-state index contributed by atoms with van der Waals surface area (Å²) in [5.74, 6) is 0.312. The summed E-state index contributed by atoms with van der Waals surface area (Å²) in [6.07, 6.45) is 0.617. The van der Waals surface area contributed by atoms with Crippen LogP contribution in [0.5, 0.6) is 0 Å². The lowest BCUT2D eigenvalue weighted by molar-refractivity contribution is -0.384. The second-order valence-corrected chi connectivity index (χ2v) is 7.15. The first-order valence-electron chi connectivity index (χ1n) is 6.10. The summed E-state index contributed by atoms with van der Waals surface area (Å²) < 4.78 is 24.8. The van der Waals surface area contributed by atoms with Crippen LogP contribution in [-0.2, 0) is 9.84 Å². The van der Waals surface area contributed by atoms with Gasteiger partial charge in [0.2, 0.25) is 0 Å². The Hall–Kier alpha value is -1.47. The van der Waals surface area contributed by atoms with Crippen molar-refractivity contribution in [3.63, 3.8) is 0 Å². The van der Waals surface area contributed by atoms with E-state index in [1.807, 2.05) is 6.92 Å². The molecule has 1 fully saturated rings. The van der Waals surface area contributed by atoms with Crippen LogP contribution in [0.25, 0.3) is 0 Å². The lowest BCUT2D eigenvalue weighted by Gasteiger charge is -2.27. The van der Waals surface area contributed by atoms with Crippen molar-refractivity contribution in [3.05, 3.63) is 34.4 Å². The third-order valence-corrected chi connectivity index (χ3v) is 5.51. The van der Waals surface area contributed by atoms with Crippen molar-refractivity contribution >= 4 is 15.5 Å². The van der Waals surface area contributed by atoms with Crippen molar-refractivity contribution in [2.24, 2.45) is 5.92 Å². The maximum atomic E-state index is 12.4. The molecular formula is C12H16N2O4S. The number of benzene rings is 1. The van der Waals surface area contributed by atoms with Gasteiger partial charge in [-0.3, -0.25) is 10.1 Å². The number of nitro groups is 1. The zero-order chi connectivity index (χ0) is 14.0. The molecule has 0 aromatic heterocycles. The predicted molar refractivity (Wildman–Crippen MR) is 70.7 cm³/mol. The van der Waals surface area contributed by atoms with Gasteiger partial charge in [0.25, 0.3) is 5.69 Å². The van der Waals surface area contributed by atoms with E-state index < -0.39 is 20.0 Å². The first-order valence-corrected chi connectivity index (χ1v) is 7.65. The number of nitrogens with one attached hydrogen (secondary N) is 1. The molecule has 1 aromatic rings. The largest absolute Gasteiger partial charge is 0.315 e. The summed E-state index contributed by atoms with van der Waals surface area (Å²) >= 11 is 0. The van der Waals surface area contributed by atoms with E-state index in [2.05, 4.69) is 5.32 Å². The number of nitro benzene ring substituents is 1. The van der Waals surface area contributed by atoms with Crippen LogP contribution in [-0.4, -0.2) is 31.7 Å². The fraction of sp³-hybridized carbons (Fsp3) is 0.500. The van der Waals surface area contributed by atoms with Crippen LogP contribution in [0.4, 0.5) is 5.69 Å². The molecule has 2 rings (SSSR count). The van der Waals surface area contributed by atoms with Gasteiger partial charge in [-0.05, 0) is 31.0 Å². The van der Waals surface area contributed by atoms with E-state index in [0.29, 0.717) is 18.9 Å². The Bertz CT molecular complexity index is 568. The minimum absolute atomic E-state index is 0.103. The van der Waals surface area contributed by atoms with Crippen molar-refractivity contribution < 1.29 is 13.3 Å². The van der Waals surface area contributed by atoms with E-state index in [0.717, 1.165) is 6.54 Å². The Morgan fingerprint density at radius 2 is 1.89 bits per heavy atom. The molecule has 0 bridgehead atoms. The molecular weight excluding hydrogens is 268 g/mol. The molecule has 2 atom stereocenters. The summed E-state index contributed by atoms with van der Waals surface area (Å²) in [6, 6.07) is 5.08. The van der Waals surface area contributed by atoms with E-state index in [1.54, 1.807) is 0 Å². The third kappa shape index (κ3) is 2.93. The Labute approximate surface area is 111 Å². The number of piperidine rings is 1. The van der Waals surface area contributed by atoms with Crippen molar-refractivity contribution in [3.8, 4) is 0 Å². The van der Waals surface area contributed by atoms with Gasteiger partial charge in [-0.2, -0.15) is 0 Å². The highest BCUT2D eigenvalue weighted by atomic mass is 32.2. The molecule has 19 heavy (non-hydrogen) atoms. The van der Waals surface area contributed by atoms with Crippen LogP contribution in [0.3, 0.4) is 0 Å². The molecule has 1 heterocycles. The van der Waals surface area contributed by atoms with Crippen LogP contribution < -0.4 is 5.32 Å². The minimum atomic E-state index is -3.42. The van der Waals surface area contributed by atoms with Crippen LogP contribution in [0.15, 0.2) is 29.2 Å².